The molecule has 0 saturated carbocycles. The van der Waals surface area contributed by atoms with Crippen LogP contribution >= 0.6 is 11.5 Å². The van der Waals surface area contributed by atoms with E-state index in [1.54, 1.807) is 11.6 Å². The Morgan fingerprint density at radius 2 is 2.11 bits per heavy atom. The second-order valence-corrected chi connectivity index (χ2v) is 4.75. The Labute approximate surface area is 114 Å². The van der Waals surface area contributed by atoms with Gasteiger partial charge in [0.05, 0.1) is 29.5 Å². The molecular weight excluding hydrogens is 258 g/mol. The molecule has 0 atom stereocenters. The van der Waals surface area contributed by atoms with Gasteiger partial charge in [-0.3, -0.25) is 9.78 Å². The smallest absolute Gasteiger partial charge is 0.254 e. The fraction of sp³-hybridized carbons (Fsp3) is 0.0714. The molecular formula is C14H11N3OS. The zero-order valence-corrected chi connectivity index (χ0v) is 10.9. The van der Waals surface area contributed by atoms with E-state index >= 15 is 0 Å². The Balaban J connectivity index is 1.73. The molecule has 0 aliphatic heterocycles. The molecule has 19 heavy (non-hydrogen) atoms. The summed E-state index contributed by atoms with van der Waals surface area (Å²) in [5.41, 5.74) is 2.37. The van der Waals surface area contributed by atoms with Gasteiger partial charge in [-0.2, -0.15) is 0 Å². The number of pyridine rings is 1. The Hall–Kier alpha value is -2.27. The minimum Gasteiger partial charge on any atom is -0.346 e. The molecule has 5 heteroatoms. The van der Waals surface area contributed by atoms with Gasteiger partial charge in [0, 0.05) is 10.8 Å². The van der Waals surface area contributed by atoms with Gasteiger partial charge >= 0.3 is 0 Å². The van der Waals surface area contributed by atoms with Crippen molar-refractivity contribution in [1.82, 2.24) is 14.7 Å². The van der Waals surface area contributed by atoms with E-state index in [1.165, 1.54) is 11.5 Å². The van der Waals surface area contributed by atoms with Crippen LogP contribution in [0.15, 0.2) is 48.0 Å². The fourth-order valence-electron chi connectivity index (χ4n) is 1.80. The average Bonchev–Trinajstić information content (AvgIpc) is 2.99. The zero-order valence-electron chi connectivity index (χ0n) is 10.0. The number of aromatic nitrogens is 2. The molecule has 0 radical (unpaired) electrons. The first-order valence-corrected chi connectivity index (χ1v) is 6.69. The molecule has 0 aliphatic rings. The van der Waals surface area contributed by atoms with Crippen molar-refractivity contribution in [2.24, 2.45) is 0 Å². The summed E-state index contributed by atoms with van der Waals surface area (Å²) in [6, 6.07) is 11.8. The molecule has 0 saturated heterocycles. The van der Waals surface area contributed by atoms with Crippen LogP contribution in [0.25, 0.3) is 10.9 Å². The van der Waals surface area contributed by atoms with E-state index < -0.39 is 0 Å². The molecule has 3 aromatic rings. The van der Waals surface area contributed by atoms with Gasteiger partial charge in [0.1, 0.15) is 0 Å². The highest BCUT2D eigenvalue weighted by atomic mass is 32.1. The maximum Gasteiger partial charge on any atom is 0.254 e. The largest absolute Gasteiger partial charge is 0.346 e. The maximum atomic E-state index is 11.8. The molecule has 0 bridgehead atoms. The Morgan fingerprint density at radius 3 is 2.95 bits per heavy atom. The van der Waals surface area contributed by atoms with Gasteiger partial charge in [0.2, 0.25) is 0 Å². The number of nitrogens with one attached hydrogen (secondary N) is 1. The summed E-state index contributed by atoms with van der Waals surface area (Å²) >= 11 is 1.26. The number of nitrogens with zero attached hydrogens (tertiary/aromatic N) is 2. The normalized spacial score (nSPS) is 10.5. The molecule has 1 amide bonds. The molecule has 0 aliphatic carbocycles. The number of benzene rings is 1. The Kier molecular flexibility index (Phi) is 3.20. The fourth-order valence-corrected chi connectivity index (χ4v) is 2.31. The van der Waals surface area contributed by atoms with E-state index in [2.05, 4.69) is 14.7 Å². The zero-order chi connectivity index (χ0) is 13.1. The minimum absolute atomic E-state index is 0.122. The summed E-state index contributed by atoms with van der Waals surface area (Å²) in [6.45, 7) is 0.416. The monoisotopic (exact) mass is 269 g/mol. The van der Waals surface area contributed by atoms with Crippen LogP contribution in [-0.2, 0) is 6.54 Å². The van der Waals surface area contributed by atoms with Gasteiger partial charge in [-0.05, 0) is 23.7 Å². The highest BCUT2D eigenvalue weighted by Crippen LogP contribution is 2.11. The van der Waals surface area contributed by atoms with E-state index in [4.69, 9.17) is 0 Å². The molecule has 3 rings (SSSR count). The molecule has 0 spiro atoms. The second-order valence-electron chi connectivity index (χ2n) is 4.09. The summed E-state index contributed by atoms with van der Waals surface area (Å²) in [5.74, 6) is -0.122. The maximum absolute atomic E-state index is 11.8. The first-order chi connectivity index (χ1) is 9.33. The number of carbonyl (C=O) groups excluding carboxylic acids is 1. The number of hydrogen-bond acceptors (Lipinski definition) is 4. The average molecular weight is 269 g/mol. The summed E-state index contributed by atoms with van der Waals surface area (Å²) in [7, 11) is 0. The molecule has 94 valence electrons. The van der Waals surface area contributed by atoms with Gasteiger partial charge in [0.25, 0.3) is 5.91 Å². The SMILES string of the molecule is O=C(NCc1ccc2ccccc2n1)c1cnsc1. The van der Waals surface area contributed by atoms with Crippen molar-refractivity contribution in [2.75, 3.05) is 0 Å². The molecule has 2 heterocycles. The molecule has 0 unspecified atom stereocenters. The van der Waals surface area contributed by atoms with Crippen molar-refractivity contribution in [3.05, 3.63) is 59.2 Å². The molecule has 1 aromatic carbocycles. The second kappa shape index (κ2) is 5.16. The number of hydrogen-bond donors (Lipinski definition) is 1. The Morgan fingerprint density at radius 1 is 1.21 bits per heavy atom. The van der Waals surface area contributed by atoms with E-state index in [-0.39, 0.29) is 5.91 Å². The predicted molar refractivity (Wildman–Crippen MR) is 75.0 cm³/mol. The van der Waals surface area contributed by atoms with Crippen molar-refractivity contribution in [3.8, 4) is 0 Å². The van der Waals surface area contributed by atoms with E-state index in [1.807, 2.05) is 36.4 Å². The number of amides is 1. The lowest BCUT2D eigenvalue weighted by atomic mass is 10.2. The van der Waals surface area contributed by atoms with E-state index in [0.29, 0.717) is 12.1 Å². The quantitative estimate of drug-likeness (QED) is 0.795. The number of fused-ring (bicyclic) bond motifs is 1. The van der Waals surface area contributed by atoms with Gasteiger partial charge in [-0.25, -0.2) is 4.37 Å². The lowest BCUT2D eigenvalue weighted by Crippen LogP contribution is -2.22. The van der Waals surface area contributed by atoms with Crippen molar-refractivity contribution in [2.45, 2.75) is 6.54 Å². The van der Waals surface area contributed by atoms with Gasteiger partial charge in [-0.15, -0.1) is 0 Å². The van der Waals surface area contributed by atoms with Crippen LogP contribution in [0, 0.1) is 0 Å². The molecule has 2 aromatic heterocycles. The van der Waals surface area contributed by atoms with Crippen molar-refractivity contribution < 1.29 is 4.79 Å². The molecule has 1 N–H and O–H groups in total. The van der Waals surface area contributed by atoms with E-state index in [0.717, 1.165) is 16.6 Å². The van der Waals surface area contributed by atoms with Crippen LogP contribution in [0.2, 0.25) is 0 Å². The highest BCUT2D eigenvalue weighted by Gasteiger charge is 2.06. The Bertz CT molecular complexity index is 710. The van der Waals surface area contributed by atoms with Gasteiger partial charge < -0.3 is 5.32 Å². The van der Waals surface area contributed by atoms with Crippen molar-refractivity contribution in [1.29, 1.82) is 0 Å². The number of carbonyl (C=O) groups is 1. The van der Waals surface area contributed by atoms with Crippen LogP contribution < -0.4 is 5.32 Å². The third-order valence-electron chi connectivity index (χ3n) is 2.78. The predicted octanol–water partition coefficient (Wildman–Crippen LogP) is 2.62. The summed E-state index contributed by atoms with van der Waals surface area (Å²) in [6.07, 6.45) is 1.56. The van der Waals surface area contributed by atoms with Crippen LogP contribution in [-0.4, -0.2) is 15.3 Å². The third-order valence-corrected chi connectivity index (χ3v) is 3.37. The van der Waals surface area contributed by atoms with Crippen LogP contribution in [0.4, 0.5) is 0 Å². The standard InChI is InChI=1S/C14H11N3OS/c18-14(11-7-16-19-9-11)15-8-12-6-5-10-3-1-2-4-13(10)17-12/h1-7,9H,8H2,(H,15,18). The molecule has 4 nitrogen and oxygen atoms in total. The third kappa shape index (κ3) is 2.61. The van der Waals surface area contributed by atoms with Crippen LogP contribution in [0.5, 0.6) is 0 Å². The highest BCUT2D eigenvalue weighted by molar-refractivity contribution is 7.03. The lowest BCUT2D eigenvalue weighted by molar-refractivity contribution is 0.0950. The van der Waals surface area contributed by atoms with Crippen molar-refractivity contribution >= 4 is 28.3 Å². The minimum atomic E-state index is -0.122. The van der Waals surface area contributed by atoms with Crippen LogP contribution in [0.1, 0.15) is 16.1 Å². The van der Waals surface area contributed by atoms with Gasteiger partial charge in [-0.1, -0.05) is 24.3 Å². The number of rotatable bonds is 3. The number of para-hydroxylation sites is 1. The lowest BCUT2D eigenvalue weighted by Gasteiger charge is -2.04. The first-order valence-electron chi connectivity index (χ1n) is 5.85. The summed E-state index contributed by atoms with van der Waals surface area (Å²) in [4.78, 5) is 16.3. The first kappa shape index (κ1) is 11.8. The summed E-state index contributed by atoms with van der Waals surface area (Å²) in [5, 5.41) is 5.65. The van der Waals surface area contributed by atoms with Crippen molar-refractivity contribution in [3.63, 3.8) is 0 Å². The van der Waals surface area contributed by atoms with Gasteiger partial charge in [0.15, 0.2) is 0 Å². The summed E-state index contributed by atoms with van der Waals surface area (Å²) < 4.78 is 3.90. The molecule has 0 fully saturated rings. The topological polar surface area (TPSA) is 54.9 Å². The van der Waals surface area contributed by atoms with E-state index in [9.17, 15) is 4.79 Å². The van der Waals surface area contributed by atoms with Crippen LogP contribution in [0.3, 0.4) is 0 Å².